The van der Waals surface area contributed by atoms with Crippen molar-refractivity contribution in [1.82, 2.24) is 9.80 Å². The Morgan fingerprint density at radius 3 is 0.844 bits per heavy atom. The van der Waals surface area contributed by atoms with Gasteiger partial charge in [-0.15, -0.1) is 0 Å². The first-order valence-electron chi connectivity index (χ1n) is 9.96. The van der Waals surface area contributed by atoms with Gasteiger partial charge in [0.2, 0.25) is 0 Å². The molecule has 0 aliphatic heterocycles. The van der Waals surface area contributed by atoms with Crippen molar-refractivity contribution < 1.29 is 40.9 Å². The third kappa shape index (κ3) is 22.1. The number of rotatable bonds is 8. The predicted molar refractivity (Wildman–Crippen MR) is 123 cm³/mol. The lowest BCUT2D eigenvalue weighted by Gasteiger charge is -2.11. The van der Waals surface area contributed by atoms with E-state index in [2.05, 4.69) is 0 Å². The van der Waals surface area contributed by atoms with E-state index in [0.29, 0.717) is 26.2 Å². The van der Waals surface area contributed by atoms with E-state index in [-0.39, 0.29) is 49.4 Å². The minimum atomic E-state index is 0.0880. The molecule has 0 fully saturated rings. The first-order valence-corrected chi connectivity index (χ1v) is 9.96. The number of hydrogen-bond acceptors (Lipinski definition) is 10. The highest BCUT2D eigenvalue weighted by Gasteiger charge is 1.92. The van der Waals surface area contributed by atoms with Gasteiger partial charge in [-0.05, 0) is 38.4 Å². The zero-order valence-electron chi connectivity index (χ0n) is 18.7. The SMILES string of the molecule is CN(CCO)CCO.CN(CCO)CCO.Oc1cccc(O)c1.Oc1cccc(O)c1. The molecule has 10 heteroatoms. The maximum Gasteiger partial charge on any atom is 0.119 e. The summed E-state index contributed by atoms with van der Waals surface area (Å²) in [5, 5.41) is 68.0. The molecule has 0 aromatic heterocycles. The number of phenolic OH excluding ortho intramolecular Hbond substituents is 4. The molecule has 0 aliphatic rings. The summed E-state index contributed by atoms with van der Waals surface area (Å²) in [5.41, 5.74) is 0. The fourth-order valence-electron chi connectivity index (χ4n) is 1.89. The maximum absolute atomic E-state index is 8.65. The van der Waals surface area contributed by atoms with Gasteiger partial charge in [-0.1, -0.05) is 12.1 Å². The lowest BCUT2D eigenvalue weighted by molar-refractivity contribution is 0.184. The van der Waals surface area contributed by atoms with Gasteiger partial charge < -0.3 is 50.7 Å². The smallest absolute Gasteiger partial charge is 0.119 e. The van der Waals surface area contributed by atoms with Gasteiger partial charge >= 0.3 is 0 Å². The Bertz CT molecular complexity index is 572. The molecule has 32 heavy (non-hydrogen) atoms. The second kappa shape index (κ2) is 21.6. The molecule has 10 nitrogen and oxygen atoms in total. The van der Waals surface area contributed by atoms with Crippen molar-refractivity contribution in [3.8, 4) is 23.0 Å². The predicted octanol–water partition coefficient (Wildman–Crippen LogP) is 0.00120. The van der Waals surface area contributed by atoms with Gasteiger partial charge in [0, 0.05) is 38.3 Å². The highest BCUT2D eigenvalue weighted by molar-refractivity contribution is 5.30. The topological polar surface area (TPSA) is 168 Å². The standard InChI is InChI=1S/2C6H6O2.2C5H13NO2/c2*7-5-2-1-3-6(8)4-5;2*1-6(2-4-7)3-5-8/h2*1-4,7-8H;2*7-8H,2-5H2,1H3. The summed E-state index contributed by atoms with van der Waals surface area (Å²) in [5.74, 6) is 0.352. The summed E-state index contributed by atoms with van der Waals surface area (Å²) in [7, 11) is 3.71. The van der Waals surface area contributed by atoms with Gasteiger partial charge in [-0.3, -0.25) is 0 Å². The van der Waals surface area contributed by atoms with E-state index in [9.17, 15) is 0 Å². The Morgan fingerprint density at radius 2 is 0.719 bits per heavy atom. The lowest BCUT2D eigenvalue weighted by atomic mass is 10.3. The van der Waals surface area contributed by atoms with Crippen LogP contribution in [0.1, 0.15) is 0 Å². The molecule has 0 unspecified atom stereocenters. The Balaban J connectivity index is 0. The minimum Gasteiger partial charge on any atom is -0.508 e. The van der Waals surface area contributed by atoms with Crippen LogP contribution in [0.2, 0.25) is 0 Å². The van der Waals surface area contributed by atoms with Gasteiger partial charge in [0.25, 0.3) is 0 Å². The van der Waals surface area contributed by atoms with E-state index in [1.165, 1.54) is 36.4 Å². The first-order chi connectivity index (χ1) is 15.2. The highest BCUT2D eigenvalue weighted by Crippen LogP contribution is 2.15. The molecule has 0 saturated carbocycles. The summed E-state index contributed by atoms with van der Waals surface area (Å²) >= 11 is 0. The maximum atomic E-state index is 8.65. The van der Waals surface area contributed by atoms with Crippen LogP contribution in [0.25, 0.3) is 0 Å². The molecule has 8 N–H and O–H groups in total. The number of aromatic hydroxyl groups is 4. The zero-order valence-corrected chi connectivity index (χ0v) is 18.7. The molecule has 0 atom stereocenters. The molecular weight excluding hydrogens is 420 g/mol. The molecule has 2 aromatic carbocycles. The molecule has 0 amide bonds. The minimum absolute atomic E-state index is 0.0880. The molecular formula is C22H38N2O8. The van der Waals surface area contributed by atoms with Crippen molar-refractivity contribution in [1.29, 1.82) is 0 Å². The molecule has 0 radical (unpaired) electrons. The van der Waals surface area contributed by atoms with Crippen LogP contribution in [0.5, 0.6) is 23.0 Å². The monoisotopic (exact) mass is 458 g/mol. The summed E-state index contributed by atoms with van der Waals surface area (Å²) in [6.07, 6.45) is 0. The number of aliphatic hydroxyl groups excluding tert-OH is 4. The third-order valence-electron chi connectivity index (χ3n) is 3.59. The van der Waals surface area contributed by atoms with E-state index >= 15 is 0 Å². The molecule has 0 heterocycles. The van der Waals surface area contributed by atoms with Gasteiger partial charge in [0.05, 0.1) is 26.4 Å². The first kappa shape index (κ1) is 31.6. The van der Waals surface area contributed by atoms with Gasteiger partial charge in [-0.2, -0.15) is 0 Å². The van der Waals surface area contributed by atoms with Crippen LogP contribution in [-0.2, 0) is 0 Å². The zero-order chi connectivity index (χ0) is 24.8. The van der Waals surface area contributed by atoms with E-state index < -0.39 is 0 Å². The Labute approximate surface area is 189 Å². The van der Waals surface area contributed by atoms with E-state index in [1.54, 1.807) is 12.1 Å². The molecule has 2 aromatic rings. The van der Waals surface area contributed by atoms with E-state index in [1.807, 2.05) is 23.9 Å². The fourth-order valence-corrected chi connectivity index (χ4v) is 1.89. The van der Waals surface area contributed by atoms with Crippen LogP contribution in [0, 0.1) is 0 Å². The third-order valence-corrected chi connectivity index (χ3v) is 3.59. The second-order valence-electron chi connectivity index (χ2n) is 6.54. The van der Waals surface area contributed by atoms with Crippen molar-refractivity contribution in [2.75, 3.05) is 66.7 Å². The van der Waals surface area contributed by atoms with Gasteiger partial charge in [0.1, 0.15) is 23.0 Å². The van der Waals surface area contributed by atoms with Crippen LogP contribution in [0.15, 0.2) is 48.5 Å². The van der Waals surface area contributed by atoms with Crippen LogP contribution in [0.3, 0.4) is 0 Å². The van der Waals surface area contributed by atoms with Crippen LogP contribution < -0.4 is 0 Å². The summed E-state index contributed by atoms with van der Waals surface area (Å²) in [6, 6.07) is 11.7. The number of nitrogens with zero attached hydrogens (tertiary/aromatic N) is 2. The van der Waals surface area contributed by atoms with Crippen molar-refractivity contribution in [2.45, 2.75) is 0 Å². The molecule has 0 bridgehead atoms. The number of phenols is 4. The summed E-state index contributed by atoms with van der Waals surface area (Å²) < 4.78 is 0. The van der Waals surface area contributed by atoms with E-state index in [0.717, 1.165) is 0 Å². The Kier molecular flexibility index (Phi) is 21.3. The Hall–Kier alpha value is -2.60. The quantitative estimate of drug-likeness (QED) is 0.270. The second-order valence-corrected chi connectivity index (χ2v) is 6.54. The molecule has 2 rings (SSSR count). The molecule has 0 spiro atoms. The van der Waals surface area contributed by atoms with Crippen molar-refractivity contribution in [3.63, 3.8) is 0 Å². The normalized spacial score (nSPS) is 9.75. The number of aliphatic hydroxyl groups is 4. The van der Waals surface area contributed by atoms with Crippen LogP contribution in [0.4, 0.5) is 0 Å². The van der Waals surface area contributed by atoms with Gasteiger partial charge in [0.15, 0.2) is 0 Å². The highest BCUT2D eigenvalue weighted by atomic mass is 16.3. The van der Waals surface area contributed by atoms with Gasteiger partial charge in [-0.25, -0.2) is 0 Å². The Morgan fingerprint density at radius 1 is 0.500 bits per heavy atom. The lowest BCUT2D eigenvalue weighted by Crippen LogP contribution is -2.25. The van der Waals surface area contributed by atoms with Crippen molar-refractivity contribution in [3.05, 3.63) is 48.5 Å². The average Bonchev–Trinajstić information content (AvgIpc) is 2.70. The van der Waals surface area contributed by atoms with Crippen molar-refractivity contribution >= 4 is 0 Å². The van der Waals surface area contributed by atoms with Crippen LogP contribution >= 0.6 is 0 Å². The average molecular weight is 459 g/mol. The number of benzene rings is 2. The largest absolute Gasteiger partial charge is 0.508 e. The number of hydrogen-bond donors (Lipinski definition) is 8. The van der Waals surface area contributed by atoms with Crippen LogP contribution in [-0.4, -0.2) is 117 Å². The van der Waals surface area contributed by atoms with E-state index in [4.69, 9.17) is 40.9 Å². The summed E-state index contributed by atoms with van der Waals surface area (Å²) in [4.78, 5) is 3.72. The summed E-state index contributed by atoms with van der Waals surface area (Å²) in [6.45, 7) is 3.21. The molecule has 184 valence electrons. The molecule has 0 saturated heterocycles. The fraction of sp³-hybridized carbons (Fsp3) is 0.455. The molecule has 0 aliphatic carbocycles. The number of likely N-dealkylation sites (N-methyl/N-ethyl adjacent to an activating group) is 2. The van der Waals surface area contributed by atoms with Crippen molar-refractivity contribution in [2.24, 2.45) is 0 Å².